The van der Waals surface area contributed by atoms with E-state index in [0.29, 0.717) is 41.0 Å². The molecule has 1 heterocycles. The number of halogens is 1. The van der Waals surface area contributed by atoms with Crippen molar-refractivity contribution in [2.45, 2.75) is 0 Å². The highest BCUT2D eigenvalue weighted by Gasteiger charge is 2.18. The molecule has 162 valence electrons. The average Bonchev–Trinajstić information content (AvgIpc) is 2.71. The Morgan fingerprint density at radius 3 is 2.37 bits per heavy atom. The Bertz CT molecular complexity index is 856. The zero-order valence-corrected chi connectivity index (χ0v) is 17.7. The molecule has 2 amide bonds. The van der Waals surface area contributed by atoms with Crippen LogP contribution in [0, 0.1) is 5.92 Å². The highest BCUT2D eigenvalue weighted by molar-refractivity contribution is 5.95. The van der Waals surface area contributed by atoms with E-state index in [1.165, 1.54) is 7.11 Å². The smallest absolute Gasteiger partial charge is 0.262 e. The summed E-state index contributed by atoms with van der Waals surface area (Å²) in [6.45, 7) is 2.30. The van der Waals surface area contributed by atoms with E-state index in [2.05, 4.69) is 16.0 Å². The molecule has 1 aliphatic heterocycles. The molecule has 8 nitrogen and oxygen atoms in total. The van der Waals surface area contributed by atoms with Crippen molar-refractivity contribution >= 4 is 29.9 Å². The van der Waals surface area contributed by atoms with E-state index in [9.17, 15) is 9.59 Å². The molecule has 2 aromatic rings. The van der Waals surface area contributed by atoms with E-state index in [-0.39, 0.29) is 30.8 Å². The van der Waals surface area contributed by atoms with Gasteiger partial charge in [-0.05, 0) is 42.5 Å². The molecule has 0 bridgehead atoms. The predicted octanol–water partition coefficient (Wildman–Crippen LogP) is 2.09. The van der Waals surface area contributed by atoms with Crippen molar-refractivity contribution < 1.29 is 23.8 Å². The van der Waals surface area contributed by atoms with Gasteiger partial charge in [-0.2, -0.15) is 0 Å². The van der Waals surface area contributed by atoms with Gasteiger partial charge in [0.1, 0.15) is 5.75 Å². The zero-order valence-electron chi connectivity index (χ0n) is 16.9. The zero-order chi connectivity index (χ0) is 20.6. The van der Waals surface area contributed by atoms with Gasteiger partial charge < -0.3 is 30.2 Å². The fourth-order valence-corrected chi connectivity index (χ4v) is 2.77. The molecule has 3 N–H and O–H groups in total. The molecular weight excluding hydrogens is 410 g/mol. The fraction of sp³-hybridized carbons (Fsp3) is 0.333. The highest BCUT2D eigenvalue weighted by atomic mass is 35.5. The number of carbonyl (C=O) groups excluding carboxylic acids is 2. The van der Waals surface area contributed by atoms with Crippen molar-refractivity contribution in [3.05, 3.63) is 48.0 Å². The Balaban J connectivity index is 0.00000320. The number of nitrogens with one attached hydrogen (secondary N) is 3. The summed E-state index contributed by atoms with van der Waals surface area (Å²) in [6, 6.07) is 11.9. The van der Waals surface area contributed by atoms with Gasteiger partial charge in [-0.3, -0.25) is 9.59 Å². The third kappa shape index (κ3) is 6.27. The van der Waals surface area contributed by atoms with E-state index >= 15 is 0 Å². The molecule has 0 unspecified atom stereocenters. The minimum Gasteiger partial charge on any atom is -0.497 e. The number of ether oxygens (including phenoxy) is 3. The molecule has 30 heavy (non-hydrogen) atoms. The number of amides is 2. The van der Waals surface area contributed by atoms with Crippen LogP contribution in [0.3, 0.4) is 0 Å². The maximum Gasteiger partial charge on any atom is 0.262 e. The number of methoxy groups -OCH3 is 2. The van der Waals surface area contributed by atoms with Crippen LogP contribution >= 0.6 is 12.4 Å². The lowest BCUT2D eigenvalue weighted by molar-refractivity contribution is -0.118. The number of benzene rings is 2. The SMILES string of the molecule is COc1ccc(NC(=O)COc2ccc(C(=O)NCC3CNC3)cc2OC)cc1.Cl. The number of carbonyl (C=O) groups is 2. The van der Waals surface area contributed by atoms with E-state index in [1.807, 2.05) is 0 Å². The Kier molecular flexibility index (Phi) is 8.76. The Morgan fingerprint density at radius 1 is 1.03 bits per heavy atom. The quantitative estimate of drug-likeness (QED) is 0.558. The normalized spacial score (nSPS) is 12.7. The van der Waals surface area contributed by atoms with Crippen LogP contribution in [-0.2, 0) is 4.79 Å². The summed E-state index contributed by atoms with van der Waals surface area (Å²) in [6.07, 6.45) is 0. The summed E-state index contributed by atoms with van der Waals surface area (Å²) < 4.78 is 16.0. The van der Waals surface area contributed by atoms with Gasteiger partial charge >= 0.3 is 0 Å². The first-order chi connectivity index (χ1) is 14.1. The molecule has 1 fully saturated rings. The average molecular weight is 436 g/mol. The van der Waals surface area contributed by atoms with Gasteiger partial charge in [0.2, 0.25) is 0 Å². The second-order valence-electron chi connectivity index (χ2n) is 6.67. The molecule has 0 atom stereocenters. The van der Waals surface area contributed by atoms with Crippen LogP contribution in [0.1, 0.15) is 10.4 Å². The van der Waals surface area contributed by atoms with E-state index in [1.54, 1.807) is 49.6 Å². The second-order valence-corrected chi connectivity index (χ2v) is 6.67. The predicted molar refractivity (Wildman–Crippen MR) is 116 cm³/mol. The lowest BCUT2D eigenvalue weighted by atomic mass is 10.0. The fourth-order valence-electron chi connectivity index (χ4n) is 2.77. The first-order valence-electron chi connectivity index (χ1n) is 9.32. The molecule has 0 aliphatic carbocycles. The molecular formula is C21H26ClN3O5. The van der Waals surface area contributed by atoms with Crippen LogP contribution in [0.15, 0.2) is 42.5 Å². The molecule has 1 aliphatic rings. The van der Waals surface area contributed by atoms with E-state index < -0.39 is 0 Å². The van der Waals surface area contributed by atoms with Crippen LogP contribution < -0.4 is 30.2 Å². The largest absolute Gasteiger partial charge is 0.497 e. The first-order valence-corrected chi connectivity index (χ1v) is 9.32. The summed E-state index contributed by atoms with van der Waals surface area (Å²) >= 11 is 0. The van der Waals surface area contributed by atoms with Crippen molar-refractivity contribution in [1.29, 1.82) is 0 Å². The van der Waals surface area contributed by atoms with Crippen LogP contribution in [0.5, 0.6) is 17.2 Å². The number of anilines is 1. The number of rotatable bonds is 9. The van der Waals surface area contributed by atoms with Crippen LogP contribution in [0.2, 0.25) is 0 Å². The first kappa shape index (κ1) is 23.3. The maximum atomic E-state index is 12.3. The van der Waals surface area contributed by atoms with Gasteiger partial charge in [-0.1, -0.05) is 0 Å². The summed E-state index contributed by atoms with van der Waals surface area (Å²) in [5, 5.41) is 8.82. The van der Waals surface area contributed by atoms with Crippen molar-refractivity contribution in [3.8, 4) is 17.2 Å². The Hall–Kier alpha value is -2.97. The molecule has 0 spiro atoms. The Labute approximate surface area is 181 Å². The summed E-state index contributed by atoms with van der Waals surface area (Å²) in [5.74, 6) is 1.48. The van der Waals surface area contributed by atoms with Crippen molar-refractivity contribution in [1.82, 2.24) is 10.6 Å². The van der Waals surface area contributed by atoms with Gasteiger partial charge in [0.05, 0.1) is 14.2 Å². The summed E-state index contributed by atoms with van der Waals surface area (Å²) in [7, 11) is 3.07. The van der Waals surface area contributed by atoms with Crippen LogP contribution in [0.4, 0.5) is 5.69 Å². The van der Waals surface area contributed by atoms with Gasteiger partial charge in [-0.25, -0.2) is 0 Å². The highest BCUT2D eigenvalue weighted by Crippen LogP contribution is 2.28. The molecule has 9 heteroatoms. The second kappa shape index (κ2) is 11.3. The molecule has 0 aromatic heterocycles. The monoisotopic (exact) mass is 435 g/mol. The van der Waals surface area contributed by atoms with Gasteiger partial charge in [0.25, 0.3) is 11.8 Å². The van der Waals surface area contributed by atoms with Gasteiger partial charge in [0, 0.05) is 36.8 Å². The van der Waals surface area contributed by atoms with Crippen molar-refractivity contribution in [2.75, 3.05) is 45.8 Å². The van der Waals surface area contributed by atoms with Crippen molar-refractivity contribution in [2.24, 2.45) is 5.92 Å². The van der Waals surface area contributed by atoms with Gasteiger partial charge in [0.15, 0.2) is 18.1 Å². The van der Waals surface area contributed by atoms with Crippen molar-refractivity contribution in [3.63, 3.8) is 0 Å². The topological polar surface area (TPSA) is 97.9 Å². The molecule has 3 rings (SSSR count). The minimum atomic E-state index is -0.312. The minimum absolute atomic E-state index is 0. The number of hydrogen-bond donors (Lipinski definition) is 3. The third-order valence-electron chi connectivity index (χ3n) is 4.58. The summed E-state index contributed by atoms with van der Waals surface area (Å²) in [5.41, 5.74) is 1.12. The molecule has 1 saturated heterocycles. The molecule has 0 radical (unpaired) electrons. The Morgan fingerprint density at radius 2 is 1.77 bits per heavy atom. The maximum absolute atomic E-state index is 12.3. The van der Waals surface area contributed by atoms with E-state index in [4.69, 9.17) is 14.2 Å². The van der Waals surface area contributed by atoms with Gasteiger partial charge in [-0.15, -0.1) is 12.4 Å². The molecule has 0 saturated carbocycles. The van der Waals surface area contributed by atoms with Crippen LogP contribution in [0.25, 0.3) is 0 Å². The lowest BCUT2D eigenvalue weighted by Crippen LogP contribution is -2.48. The standard InChI is InChI=1S/C21H25N3O5.ClH/c1-27-17-6-4-16(5-7-17)24-20(25)13-29-18-8-3-15(9-19(18)28-2)21(26)23-12-14-10-22-11-14;/h3-9,14,22H,10-13H2,1-2H3,(H,23,26)(H,24,25);1H. The number of hydrogen-bond acceptors (Lipinski definition) is 6. The summed E-state index contributed by atoms with van der Waals surface area (Å²) in [4.78, 5) is 24.4. The van der Waals surface area contributed by atoms with Crippen LogP contribution in [-0.4, -0.2) is 52.3 Å². The van der Waals surface area contributed by atoms with E-state index in [0.717, 1.165) is 13.1 Å². The third-order valence-corrected chi connectivity index (χ3v) is 4.58. The lowest BCUT2D eigenvalue weighted by Gasteiger charge is -2.27. The molecule has 2 aromatic carbocycles.